The molecule has 1 aromatic carbocycles. The van der Waals surface area contributed by atoms with Gasteiger partial charge in [0.2, 0.25) is 0 Å². The quantitative estimate of drug-likeness (QED) is 0.726. The van der Waals surface area contributed by atoms with Crippen molar-refractivity contribution >= 4 is 17.6 Å². The Bertz CT molecular complexity index is 501. The van der Waals surface area contributed by atoms with E-state index in [9.17, 15) is 9.59 Å². The number of aliphatic carboxylic acids is 1. The molecule has 0 radical (unpaired) electrons. The summed E-state index contributed by atoms with van der Waals surface area (Å²) in [7, 11) is 0. The third-order valence-corrected chi connectivity index (χ3v) is 2.87. The molecular formula is C12H14N2O4. The van der Waals surface area contributed by atoms with Crippen LogP contribution in [0.4, 0.5) is 5.69 Å². The predicted molar refractivity (Wildman–Crippen MR) is 64.6 cm³/mol. The second-order valence-electron chi connectivity index (χ2n) is 4.13. The summed E-state index contributed by atoms with van der Waals surface area (Å²) in [4.78, 5) is 22.5. The zero-order chi connectivity index (χ0) is 13.3. The topological polar surface area (TPSA) is 102 Å². The SMILES string of the molecule is CC1Oc2ccc(C(CN)C(=O)O)cc2NC1=O. The molecule has 0 bridgehead atoms. The van der Waals surface area contributed by atoms with Crippen molar-refractivity contribution in [1.82, 2.24) is 0 Å². The van der Waals surface area contributed by atoms with Crippen LogP contribution in [0.15, 0.2) is 18.2 Å². The van der Waals surface area contributed by atoms with Gasteiger partial charge in [-0.25, -0.2) is 0 Å². The van der Waals surface area contributed by atoms with E-state index in [1.54, 1.807) is 25.1 Å². The molecule has 1 aliphatic rings. The van der Waals surface area contributed by atoms with Crippen LogP contribution in [0.25, 0.3) is 0 Å². The minimum absolute atomic E-state index is 0.000668. The van der Waals surface area contributed by atoms with Crippen LogP contribution in [-0.4, -0.2) is 29.6 Å². The first-order chi connectivity index (χ1) is 8.52. The van der Waals surface area contributed by atoms with Crippen LogP contribution in [-0.2, 0) is 9.59 Å². The summed E-state index contributed by atoms with van der Waals surface area (Å²) in [5.74, 6) is -1.49. The Balaban J connectivity index is 2.35. The van der Waals surface area contributed by atoms with Crippen LogP contribution < -0.4 is 15.8 Å². The number of amides is 1. The number of anilines is 1. The van der Waals surface area contributed by atoms with Gasteiger partial charge in [-0.05, 0) is 24.6 Å². The average Bonchev–Trinajstić information content (AvgIpc) is 2.31. The van der Waals surface area contributed by atoms with Crippen LogP contribution in [0, 0.1) is 0 Å². The standard InChI is InChI=1S/C12H14N2O4/c1-6-11(15)14-9-4-7(2-3-10(9)18-6)8(5-13)12(16)17/h2-4,6,8H,5,13H2,1H3,(H,14,15)(H,16,17). The number of carbonyl (C=O) groups is 2. The zero-order valence-corrected chi connectivity index (χ0v) is 9.84. The van der Waals surface area contributed by atoms with Gasteiger partial charge in [-0.1, -0.05) is 6.07 Å². The molecule has 2 rings (SSSR count). The second-order valence-corrected chi connectivity index (χ2v) is 4.13. The Morgan fingerprint density at radius 3 is 2.94 bits per heavy atom. The van der Waals surface area contributed by atoms with E-state index in [1.165, 1.54) is 0 Å². The maximum atomic E-state index is 11.5. The third-order valence-electron chi connectivity index (χ3n) is 2.87. The molecule has 6 heteroatoms. The van der Waals surface area contributed by atoms with Gasteiger partial charge in [-0.15, -0.1) is 0 Å². The van der Waals surface area contributed by atoms with Crippen molar-refractivity contribution in [2.24, 2.45) is 5.73 Å². The van der Waals surface area contributed by atoms with Crippen LogP contribution in [0.5, 0.6) is 5.75 Å². The smallest absolute Gasteiger partial charge is 0.312 e. The van der Waals surface area contributed by atoms with Crippen molar-refractivity contribution < 1.29 is 19.4 Å². The third kappa shape index (κ3) is 2.14. The highest BCUT2D eigenvalue weighted by atomic mass is 16.5. The first kappa shape index (κ1) is 12.4. The molecule has 1 aromatic rings. The van der Waals surface area contributed by atoms with Gasteiger partial charge in [0, 0.05) is 6.54 Å². The fraction of sp³-hybridized carbons (Fsp3) is 0.333. The molecule has 96 valence electrons. The number of nitrogens with one attached hydrogen (secondary N) is 1. The lowest BCUT2D eigenvalue weighted by atomic mass is 9.98. The Hall–Kier alpha value is -2.08. The number of carbonyl (C=O) groups excluding carboxylic acids is 1. The lowest BCUT2D eigenvalue weighted by Crippen LogP contribution is -2.34. The first-order valence-corrected chi connectivity index (χ1v) is 5.57. The van der Waals surface area contributed by atoms with E-state index in [4.69, 9.17) is 15.6 Å². The number of fused-ring (bicyclic) bond motifs is 1. The van der Waals surface area contributed by atoms with Gasteiger partial charge in [0.15, 0.2) is 6.10 Å². The normalized spacial score (nSPS) is 19.4. The molecule has 0 fully saturated rings. The van der Waals surface area contributed by atoms with Gasteiger partial charge in [0.1, 0.15) is 5.75 Å². The van der Waals surface area contributed by atoms with E-state index >= 15 is 0 Å². The van der Waals surface area contributed by atoms with Gasteiger partial charge >= 0.3 is 5.97 Å². The lowest BCUT2D eigenvalue weighted by molar-refractivity contribution is -0.138. The molecule has 2 unspecified atom stereocenters. The fourth-order valence-electron chi connectivity index (χ4n) is 1.82. The fourth-order valence-corrected chi connectivity index (χ4v) is 1.82. The van der Waals surface area contributed by atoms with Crippen molar-refractivity contribution in [3.05, 3.63) is 23.8 Å². The molecule has 6 nitrogen and oxygen atoms in total. The van der Waals surface area contributed by atoms with Crippen molar-refractivity contribution in [1.29, 1.82) is 0 Å². The van der Waals surface area contributed by atoms with E-state index in [-0.39, 0.29) is 12.5 Å². The Labute approximate surface area is 104 Å². The highest BCUT2D eigenvalue weighted by Gasteiger charge is 2.25. The number of benzene rings is 1. The van der Waals surface area contributed by atoms with Crippen LogP contribution in [0.1, 0.15) is 18.4 Å². The molecule has 4 N–H and O–H groups in total. The molecule has 1 amide bonds. The van der Waals surface area contributed by atoms with E-state index in [0.29, 0.717) is 17.0 Å². The average molecular weight is 250 g/mol. The lowest BCUT2D eigenvalue weighted by Gasteiger charge is -2.24. The number of hydrogen-bond donors (Lipinski definition) is 3. The first-order valence-electron chi connectivity index (χ1n) is 5.57. The summed E-state index contributed by atoms with van der Waals surface area (Å²) in [6.45, 7) is 1.64. The highest BCUT2D eigenvalue weighted by molar-refractivity contribution is 5.97. The number of hydrogen-bond acceptors (Lipinski definition) is 4. The second kappa shape index (κ2) is 4.66. The maximum Gasteiger partial charge on any atom is 0.312 e. The van der Waals surface area contributed by atoms with Crippen molar-refractivity contribution in [2.45, 2.75) is 18.9 Å². The van der Waals surface area contributed by atoms with Crippen molar-refractivity contribution in [2.75, 3.05) is 11.9 Å². The Morgan fingerprint density at radius 1 is 1.61 bits per heavy atom. The Morgan fingerprint density at radius 2 is 2.33 bits per heavy atom. The van der Waals surface area contributed by atoms with E-state index in [2.05, 4.69) is 5.32 Å². The van der Waals surface area contributed by atoms with Crippen LogP contribution in [0.2, 0.25) is 0 Å². The molecular weight excluding hydrogens is 236 g/mol. The van der Waals surface area contributed by atoms with Gasteiger partial charge in [-0.2, -0.15) is 0 Å². The van der Waals surface area contributed by atoms with Crippen molar-refractivity contribution in [3.8, 4) is 5.75 Å². The summed E-state index contributed by atoms with van der Waals surface area (Å²) in [5.41, 5.74) is 6.46. The molecule has 0 aliphatic carbocycles. The van der Waals surface area contributed by atoms with Gasteiger partial charge in [-0.3, -0.25) is 9.59 Å². The van der Waals surface area contributed by atoms with Gasteiger partial charge < -0.3 is 20.9 Å². The molecule has 1 aliphatic heterocycles. The number of carboxylic acid groups (broad SMARTS) is 1. The zero-order valence-electron chi connectivity index (χ0n) is 9.84. The molecule has 0 spiro atoms. The summed E-state index contributed by atoms with van der Waals surface area (Å²) in [6.07, 6.45) is -0.548. The highest BCUT2D eigenvalue weighted by Crippen LogP contribution is 2.32. The minimum atomic E-state index is -0.992. The summed E-state index contributed by atoms with van der Waals surface area (Å²) < 4.78 is 5.38. The van der Waals surface area contributed by atoms with Crippen molar-refractivity contribution in [3.63, 3.8) is 0 Å². The number of rotatable bonds is 3. The molecule has 18 heavy (non-hydrogen) atoms. The van der Waals surface area contributed by atoms with Crippen LogP contribution in [0.3, 0.4) is 0 Å². The number of nitrogens with two attached hydrogens (primary N) is 1. The van der Waals surface area contributed by atoms with E-state index in [1.807, 2.05) is 0 Å². The number of carboxylic acids is 1. The maximum absolute atomic E-state index is 11.5. The number of ether oxygens (including phenoxy) is 1. The predicted octanol–water partition coefficient (Wildman–Crippen LogP) is 0.533. The molecule has 0 aromatic heterocycles. The molecule has 0 saturated carbocycles. The minimum Gasteiger partial charge on any atom is -0.481 e. The summed E-state index contributed by atoms with van der Waals surface area (Å²) in [6, 6.07) is 4.88. The van der Waals surface area contributed by atoms with E-state index in [0.717, 1.165) is 0 Å². The Kier molecular flexibility index (Phi) is 3.20. The molecule has 1 heterocycles. The molecule has 2 atom stereocenters. The van der Waals surface area contributed by atoms with Gasteiger partial charge in [0.25, 0.3) is 5.91 Å². The summed E-state index contributed by atoms with van der Waals surface area (Å²) >= 11 is 0. The summed E-state index contributed by atoms with van der Waals surface area (Å²) in [5, 5.41) is 11.7. The largest absolute Gasteiger partial charge is 0.481 e. The van der Waals surface area contributed by atoms with Gasteiger partial charge in [0.05, 0.1) is 11.6 Å². The van der Waals surface area contributed by atoms with Crippen LogP contribution >= 0.6 is 0 Å². The monoisotopic (exact) mass is 250 g/mol. The van der Waals surface area contributed by atoms with E-state index < -0.39 is 18.0 Å². The molecule has 0 saturated heterocycles.